The van der Waals surface area contributed by atoms with Gasteiger partial charge in [-0.05, 0) is 63.5 Å². The first-order valence-corrected chi connectivity index (χ1v) is 8.38. The fourth-order valence-electron chi connectivity index (χ4n) is 3.94. The molecular formula is C17H32N2O. The molecule has 0 aromatic heterocycles. The van der Waals surface area contributed by atoms with E-state index in [-0.39, 0.29) is 5.41 Å². The molecule has 0 radical (unpaired) electrons. The van der Waals surface area contributed by atoms with E-state index in [2.05, 4.69) is 31.0 Å². The minimum atomic E-state index is -0.0903. The molecule has 1 saturated heterocycles. The van der Waals surface area contributed by atoms with E-state index in [0.29, 0.717) is 17.4 Å². The Kier molecular flexibility index (Phi) is 4.78. The molecule has 0 aromatic rings. The number of nitrogens with zero attached hydrogens (tertiary/aromatic N) is 1. The molecule has 20 heavy (non-hydrogen) atoms. The molecule has 2 fully saturated rings. The third-order valence-electron chi connectivity index (χ3n) is 5.87. The summed E-state index contributed by atoms with van der Waals surface area (Å²) >= 11 is 0. The van der Waals surface area contributed by atoms with Gasteiger partial charge in [0.25, 0.3) is 0 Å². The molecule has 0 spiro atoms. The number of carbonyl (C=O) groups excluding carboxylic acids is 1. The number of nitrogens with one attached hydrogen (secondary N) is 1. The van der Waals surface area contributed by atoms with Gasteiger partial charge in [-0.3, -0.25) is 4.79 Å². The Morgan fingerprint density at radius 1 is 1.15 bits per heavy atom. The van der Waals surface area contributed by atoms with Crippen molar-refractivity contribution in [1.29, 1.82) is 0 Å². The Balaban J connectivity index is 2.00. The lowest BCUT2D eigenvalue weighted by atomic mass is 9.73. The Morgan fingerprint density at radius 2 is 1.70 bits per heavy atom. The van der Waals surface area contributed by atoms with Crippen LogP contribution in [0.25, 0.3) is 0 Å². The quantitative estimate of drug-likeness (QED) is 0.861. The molecule has 1 amide bonds. The van der Waals surface area contributed by atoms with Gasteiger partial charge >= 0.3 is 0 Å². The summed E-state index contributed by atoms with van der Waals surface area (Å²) in [5.74, 6) is 0.409. The van der Waals surface area contributed by atoms with Crippen molar-refractivity contribution < 1.29 is 4.79 Å². The van der Waals surface area contributed by atoms with Gasteiger partial charge < -0.3 is 10.2 Å². The average Bonchev–Trinajstić information content (AvgIpc) is 2.46. The van der Waals surface area contributed by atoms with Crippen LogP contribution < -0.4 is 5.32 Å². The lowest BCUT2D eigenvalue weighted by molar-refractivity contribution is -0.146. The number of amides is 1. The Labute approximate surface area is 124 Å². The summed E-state index contributed by atoms with van der Waals surface area (Å²) < 4.78 is 0. The summed E-state index contributed by atoms with van der Waals surface area (Å²) in [5.41, 5.74) is 0.380. The molecule has 0 bridgehead atoms. The molecule has 0 atom stereocenters. The first kappa shape index (κ1) is 15.8. The second kappa shape index (κ2) is 6.05. The van der Waals surface area contributed by atoms with E-state index in [1.807, 2.05) is 7.05 Å². The molecular weight excluding hydrogens is 248 g/mol. The third kappa shape index (κ3) is 3.19. The Morgan fingerprint density at radius 3 is 2.20 bits per heavy atom. The predicted molar refractivity (Wildman–Crippen MR) is 83.6 cm³/mol. The highest BCUT2D eigenvalue weighted by atomic mass is 16.2. The minimum absolute atomic E-state index is 0.0903. The summed E-state index contributed by atoms with van der Waals surface area (Å²) in [6.07, 6.45) is 7.83. The van der Waals surface area contributed by atoms with E-state index in [1.165, 1.54) is 25.7 Å². The lowest BCUT2D eigenvalue weighted by Crippen LogP contribution is -2.51. The molecule has 116 valence electrons. The van der Waals surface area contributed by atoms with Crippen LogP contribution in [0.4, 0.5) is 0 Å². The topological polar surface area (TPSA) is 32.3 Å². The van der Waals surface area contributed by atoms with E-state index in [0.717, 1.165) is 32.4 Å². The maximum absolute atomic E-state index is 13.0. The van der Waals surface area contributed by atoms with Crippen molar-refractivity contribution in [2.24, 2.45) is 10.8 Å². The zero-order chi connectivity index (χ0) is 14.8. The van der Waals surface area contributed by atoms with Crippen molar-refractivity contribution in [3.05, 3.63) is 0 Å². The van der Waals surface area contributed by atoms with Gasteiger partial charge in [0.05, 0.1) is 5.41 Å². The Bertz CT molecular complexity index is 335. The molecule has 1 N–H and O–H groups in total. The fourth-order valence-corrected chi connectivity index (χ4v) is 3.94. The van der Waals surface area contributed by atoms with Gasteiger partial charge in [-0.15, -0.1) is 0 Å². The van der Waals surface area contributed by atoms with Crippen molar-refractivity contribution in [1.82, 2.24) is 10.2 Å². The van der Waals surface area contributed by atoms with Gasteiger partial charge in [0.2, 0.25) is 5.91 Å². The van der Waals surface area contributed by atoms with Crippen LogP contribution in [0.2, 0.25) is 0 Å². The van der Waals surface area contributed by atoms with Crippen LogP contribution in [0.1, 0.15) is 65.7 Å². The summed E-state index contributed by atoms with van der Waals surface area (Å²) in [6.45, 7) is 8.87. The van der Waals surface area contributed by atoms with Crippen LogP contribution in [0.5, 0.6) is 0 Å². The van der Waals surface area contributed by atoms with Gasteiger partial charge in [-0.25, -0.2) is 0 Å². The molecule has 2 rings (SSSR count). The van der Waals surface area contributed by atoms with Gasteiger partial charge in [0, 0.05) is 13.1 Å². The molecule has 0 unspecified atom stereocenters. The van der Waals surface area contributed by atoms with Crippen molar-refractivity contribution in [2.75, 3.05) is 20.1 Å². The summed E-state index contributed by atoms with van der Waals surface area (Å²) in [6, 6.07) is 0.467. The van der Waals surface area contributed by atoms with Crippen molar-refractivity contribution in [3.8, 4) is 0 Å². The molecule has 1 heterocycles. The average molecular weight is 280 g/mol. The lowest BCUT2D eigenvalue weighted by Gasteiger charge is -2.44. The maximum atomic E-state index is 13.0. The first-order chi connectivity index (χ1) is 9.40. The van der Waals surface area contributed by atoms with Crippen LogP contribution in [0.3, 0.4) is 0 Å². The third-order valence-corrected chi connectivity index (χ3v) is 5.87. The molecule has 1 aliphatic heterocycles. The predicted octanol–water partition coefficient (Wildman–Crippen LogP) is 3.19. The number of hydrogen-bond acceptors (Lipinski definition) is 2. The van der Waals surface area contributed by atoms with Gasteiger partial charge in [0.15, 0.2) is 0 Å². The smallest absolute Gasteiger partial charge is 0.228 e. The highest BCUT2D eigenvalue weighted by Gasteiger charge is 2.42. The van der Waals surface area contributed by atoms with E-state index in [4.69, 9.17) is 0 Å². The minimum Gasteiger partial charge on any atom is -0.342 e. The Hall–Kier alpha value is -0.570. The normalized spacial score (nSPS) is 26.2. The highest BCUT2D eigenvalue weighted by molar-refractivity contribution is 5.83. The highest BCUT2D eigenvalue weighted by Crippen LogP contribution is 2.39. The van der Waals surface area contributed by atoms with E-state index < -0.39 is 0 Å². The van der Waals surface area contributed by atoms with E-state index in [9.17, 15) is 4.79 Å². The molecule has 1 aliphatic carbocycles. The first-order valence-electron chi connectivity index (χ1n) is 8.38. The molecule has 1 saturated carbocycles. The van der Waals surface area contributed by atoms with Gasteiger partial charge in [-0.1, -0.05) is 20.8 Å². The molecule has 2 aliphatic rings. The largest absolute Gasteiger partial charge is 0.342 e. The standard InChI is InChI=1S/C17H32N2O/c1-5-17(10-12-18-13-11-17)15(20)19(4)14-6-8-16(2,3)9-7-14/h14,18H,5-13H2,1-4H3. The van der Waals surface area contributed by atoms with Gasteiger partial charge in [0.1, 0.15) is 0 Å². The van der Waals surface area contributed by atoms with E-state index in [1.54, 1.807) is 0 Å². The fraction of sp³-hybridized carbons (Fsp3) is 0.941. The van der Waals surface area contributed by atoms with Crippen molar-refractivity contribution in [3.63, 3.8) is 0 Å². The number of piperidine rings is 1. The number of rotatable bonds is 3. The summed E-state index contributed by atoms with van der Waals surface area (Å²) in [7, 11) is 2.05. The zero-order valence-corrected chi connectivity index (χ0v) is 13.8. The number of hydrogen-bond donors (Lipinski definition) is 1. The zero-order valence-electron chi connectivity index (χ0n) is 13.8. The van der Waals surface area contributed by atoms with Crippen LogP contribution in [-0.2, 0) is 4.79 Å². The SMILES string of the molecule is CCC1(C(=O)N(C)C2CCC(C)(C)CC2)CCNCC1. The van der Waals surface area contributed by atoms with Gasteiger partial charge in [-0.2, -0.15) is 0 Å². The van der Waals surface area contributed by atoms with Crippen LogP contribution in [0, 0.1) is 10.8 Å². The number of carbonyl (C=O) groups is 1. The second-order valence-corrected chi connectivity index (χ2v) is 7.70. The molecule has 3 heteroatoms. The van der Waals surface area contributed by atoms with Crippen LogP contribution in [-0.4, -0.2) is 37.0 Å². The monoisotopic (exact) mass is 280 g/mol. The second-order valence-electron chi connectivity index (χ2n) is 7.70. The molecule has 0 aromatic carbocycles. The summed E-state index contributed by atoms with van der Waals surface area (Å²) in [4.78, 5) is 15.1. The van der Waals surface area contributed by atoms with E-state index >= 15 is 0 Å². The van der Waals surface area contributed by atoms with Crippen LogP contribution >= 0.6 is 0 Å². The van der Waals surface area contributed by atoms with Crippen molar-refractivity contribution >= 4 is 5.91 Å². The summed E-state index contributed by atoms with van der Waals surface area (Å²) in [5, 5.41) is 3.39. The maximum Gasteiger partial charge on any atom is 0.228 e. The molecule has 3 nitrogen and oxygen atoms in total. The van der Waals surface area contributed by atoms with Crippen LogP contribution in [0.15, 0.2) is 0 Å². The van der Waals surface area contributed by atoms with Crippen molar-refractivity contribution in [2.45, 2.75) is 71.8 Å².